The van der Waals surface area contributed by atoms with Gasteiger partial charge in [0.15, 0.2) is 0 Å². The van der Waals surface area contributed by atoms with Gasteiger partial charge in [-0.05, 0) is 31.4 Å². The topological polar surface area (TPSA) is 65.5 Å². The first-order chi connectivity index (χ1) is 9.67. The molecular formula is C15H21N3O2. The molecule has 2 aliphatic rings. The second kappa shape index (κ2) is 5.40. The quantitative estimate of drug-likeness (QED) is 0.826. The second-order valence-electron chi connectivity index (χ2n) is 5.91. The summed E-state index contributed by atoms with van der Waals surface area (Å²) in [5.41, 5.74) is 0.223. The third-order valence-electron chi connectivity index (χ3n) is 4.65. The number of rotatable bonds is 1. The van der Waals surface area contributed by atoms with Crippen LogP contribution in [0, 0.1) is 5.92 Å². The van der Waals surface area contributed by atoms with E-state index in [4.69, 9.17) is 0 Å². The summed E-state index contributed by atoms with van der Waals surface area (Å²) in [6.45, 7) is 1.29. The lowest BCUT2D eigenvalue weighted by Gasteiger charge is -2.47. The Kier molecular flexibility index (Phi) is 3.61. The van der Waals surface area contributed by atoms with Crippen molar-refractivity contribution in [2.45, 2.75) is 37.7 Å². The highest BCUT2D eigenvalue weighted by molar-refractivity contribution is 5.89. The molecule has 2 amide bonds. The van der Waals surface area contributed by atoms with Gasteiger partial charge in [0.1, 0.15) is 0 Å². The van der Waals surface area contributed by atoms with Gasteiger partial charge in [-0.25, -0.2) is 4.79 Å². The number of pyridine rings is 1. The van der Waals surface area contributed by atoms with Crippen LogP contribution in [0.5, 0.6) is 0 Å². The Labute approximate surface area is 119 Å². The Morgan fingerprint density at radius 3 is 2.95 bits per heavy atom. The van der Waals surface area contributed by atoms with Crippen LogP contribution in [-0.4, -0.2) is 39.7 Å². The van der Waals surface area contributed by atoms with Crippen molar-refractivity contribution >= 4 is 11.7 Å². The molecule has 1 aromatic rings. The van der Waals surface area contributed by atoms with E-state index in [1.807, 2.05) is 4.90 Å². The number of anilines is 1. The van der Waals surface area contributed by atoms with E-state index in [0.717, 1.165) is 31.4 Å². The molecule has 1 saturated carbocycles. The summed E-state index contributed by atoms with van der Waals surface area (Å²) in [6, 6.07) is 3.47. The van der Waals surface area contributed by atoms with Crippen molar-refractivity contribution in [1.82, 2.24) is 9.88 Å². The first-order valence-electron chi connectivity index (χ1n) is 7.36. The normalized spacial score (nSPS) is 29.6. The number of hydrogen-bond donors (Lipinski definition) is 2. The van der Waals surface area contributed by atoms with E-state index in [9.17, 15) is 9.90 Å². The monoisotopic (exact) mass is 275 g/mol. The molecule has 5 nitrogen and oxygen atoms in total. The van der Waals surface area contributed by atoms with Crippen LogP contribution in [0.25, 0.3) is 0 Å². The first kappa shape index (κ1) is 13.4. The zero-order valence-corrected chi connectivity index (χ0v) is 11.6. The lowest BCUT2D eigenvalue weighted by molar-refractivity contribution is -0.0863. The van der Waals surface area contributed by atoms with E-state index < -0.39 is 5.60 Å². The predicted octanol–water partition coefficient (Wildman–Crippen LogP) is 2.24. The Hall–Kier alpha value is -1.62. The highest BCUT2D eigenvalue weighted by atomic mass is 16.3. The SMILES string of the molecule is O=C(Nc1ccncc1)N1CCC2(O)CCCCC2C1. The van der Waals surface area contributed by atoms with Crippen molar-refractivity contribution in [2.24, 2.45) is 5.92 Å². The maximum atomic E-state index is 12.3. The fourth-order valence-electron chi connectivity index (χ4n) is 3.39. The second-order valence-corrected chi connectivity index (χ2v) is 5.91. The fourth-order valence-corrected chi connectivity index (χ4v) is 3.39. The summed E-state index contributed by atoms with van der Waals surface area (Å²) in [6.07, 6.45) is 8.19. The Bertz CT molecular complexity index is 479. The average Bonchev–Trinajstić information content (AvgIpc) is 2.47. The molecule has 0 radical (unpaired) electrons. The zero-order chi connectivity index (χ0) is 14.0. The van der Waals surface area contributed by atoms with Crippen LogP contribution in [0.2, 0.25) is 0 Å². The molecule has 2 unspecified atom stereocenters. The lowest BCUT2D eigenvalue weighted by Crippen LogP contribution is -2.55. The highest BCUT2D eigenvalue weighted by Gasteiger charge is 2.43. The van der Waals surface area contributed by atoms with Crippen molar-refractivity contribution in [3.8, 4) is 0 Å². The maximum Gasteiger partial charge on any atom is 0.321 e. The molecule has 1 saturated heterocycles. The molecule has 0 spiro atoms. The van der Waals surface area contributed by atoms with Crippen molar-refractivity contribution in [1.29, 1.82) is 0 Å². The van der Waals surface area contributed by atoms with Gasteiger partial charge >= 0.3 is 6.03 Å². The van der Waals surface area contributed by atoms with Gasteiger partial charge in [-0.1, -0.05) is 12.8 Å². The van der Waals surface area contributed by atoms with Crippen LogP contribution in [0.4, 0.5) is 10.5 Å². The number of fused-ring (bicyclic) bond motifs is 1. The Morgan fingerprint density at radius 1 is 1.35 bits per heavy atom. The molecule has 1 aliphatic carbocycles. The van der Waals surface area contributed by atoms with Gasteiger partial charge in [0.25, 0.3) is 0 Å². The van der Waals surface area contributed by atoms with Crippen LogP contribution in [0.3, 0.4) is 0 Å². The summed E-state index contributed by atoms with van der Waals surface area (Å²) >= 11 is 0. The van der Waals surface area contributed by atoms with Gasteiger partial charge in [0.05, 0.1) is 5.60 Å². The minimum atomic E-state index is -0.536. The van der Waals surface area contributed by atoms with Crippen molar-refractivity contribution in [2.75, 3.05) is 18.4 Å². The molecule has 0 aromatic carbocycles. The van der Waals surface area contributed by atoms with Crippen LogP contribution in [0.15, 0.2) is 24.5 Å². The molecule has 0 bridgehead atoms. The minimum Gasteiger partial charge on any atom is -0.389 e. The van der Waals surface area contributed by atoms with Crippen molar-refractivity contribution in [3.63, 3.8) is 0 Å². The Balaban J connectivity index is 1.63. The van der Waals surface area contributed by atoms with Crippen LogP contribution >= 0.6 is 0 Å². The summed E-state index contributed by atoms with van der Waals surface area (Å²) in [4.78, 5) is 18.0. The number of aromatic nitrogens is 1. The zero-order valence-electron chi connectivity index (χ0n) is 11.6. The molecule has 2 heterocycles. The summed E-state index contributed by atoms with van der Waals surface area (Å²) in [7, 11) is 0. The predicted molar refractivity (Wildman–Crippen MR) is 76.4 cm³/mol. The van der Waals surface area contributed by atoms with Gasteiger partial charge in [-0.15, -0.1) is 0 Å². The number of nitrogens with one attached hydrogen (secondary N) is 1. The number of hydrogen-bond acceptors (Lipinski definition) is 3. The van der Waals surface area contributed by atoms with Crippen LogP contribution < -0.4 is 5.32 Å². The molecule has 1 aromatic heterocycles. The standard InChI is InChI=1S/C15H21N3O2/c19-14(17-13-4-8-16-9-5-13)18-10-7-15(20)6-2-1-3-12(15)11-18/h4-5,8-9,12,20H,1-3,6-7,10-11H2,(H,16,17,19). The molecule has 5 heteroatoms. The largest absolute Gasteiger partial charge is 0.389 e. The molecule has 2 N–H and O–H groups in total. The van der Waals surface area contributed by atoms with Crippen LogP contribution in [-0.2, 0) is 0 Å². The highest BCUT2D eigenvalue weighted by Crippen LogP contribution is 2.39. The number of aliphatic hydroxyl groups is 1. The Morgan fingerprint density at radius 2 is 2.15 bits per heavy atom. The van der Waals surface area contributed by atoms with E-state index in [-0.39, 0.29) is 11.9 Å². The molecular weight excluding hydrogens is 254 g/mol. The fraction of sp³-hybridized carbons (Fsp3) is 0.600. The van der Waals surface area contributed by atoms with Gasteiger partial charge in [0.2, 0.25) is 0 Å². The molecule has 20 heavy (non-hydrogen) atoms. The number of carbonyl (C=O) groups is 1. The number of piperidine rings is 1. The molecule has 1 aliphatic heterocycles. The number of carbonyl (C=O) groups excluding carboxylic acids is 1. The lowest BCUT2D eigenvalue weighted by atomic mass is 9.71. The molecule has 2 atom stereocenters. The number of likely N-dealkylation sites (tertiary alicyclic amines) is 1. The maximum absolute atomic E-state index is 12.3. The summed E-state index contributed by atoms with van der Waals surface area (Å²) in [5.74, 6) is 0.230. The first-order valence-corrected chi connectivity index (χ1v) is 7.36. The van der Waals surface area contributed by atoms with E-state index in [1.165, 1.54) is 0 Å². The van der Waals surface area contributed by atoms with Crippen molar-refractivity contribution in [3.05, 3.63) is 24.5 Å². The number of urea groups is 1. The van der Waals surface area contributed by atoms with E-state index in [2.05, 4.69) is 10.3 Å². The molecule has 3 rings (SSSR count). The van der Waals surface area contributed by atoms with Crippen LogP contribution in [0.1, 0.15) is 32.1 Å². The van der Waals surface area contributed by atoms with E-state index in [0.29, 0.717) is 19.5 Å². The number of amides is 2. The third kappa shape index (κ3) is 2.63. The van der Waals surface area contributed by atoms with E-state index >= 15 is 0 Å². The van der Waals surface area contributed by atoms with E-state index in [1.54, 1.807) is 24.5 Å². The third-order valence-corrected chi connectivity index (χ3v) is 4.65. The van der Waals surface area contributed by atoms with Gasteiger partial charge in [-0.3, -0.25) is 4.98 Å². The smallest absolute Gasteiger partial charge is 0.321 e. The minimum absolute atomic E-state index is 0.0798. The van der Waals surface area contributed by atoms with Gasteiger partial charge in [-0.2, -0.15) is 0 Å². The summed E-state index contributed by atoms with van der Waals surface area (Å²) in [5, 5.41) is 13.5. The average molecular weight is 275 g/mol. The molecule has 108 valence electrons. The van der Waals surface area contributed by atoms with Gasteiger partial charge < -0.3 is 15.3 Å². The number of nitrogens with zero attached hydrogens (tertiary/aromatic N) is 2. The molecule has 2 fully saturated rings. The van der Waals surface area contributed by atoms with Crippen molar-refractivity contribution < 1.29 is 9.90 Å². The summed E-state index contributed by atoms with van der Waals surface area (Å²) < 4.78 is 0. The van der Waals surface area contributed by atoms with Gasteiger partial charge in [0, 0.05) is 37.1 Å².